The molecule has 0 saturated carbocycles. The molecule has 1 N–H and O–H groups in total. The van der Waals surface area contributed by atoms with Crippen molar-refractivity contribution in [2.24, 2.45) is 5.92 Å². The molecule has 21 heavy (non-hydrogen) atoms. The van der Waals surface area contributed by atoms with Gasteiger partial charge in [-0.1, -0.05) is 49.0 Å². The van der Waals surface area contributed by atoms with Crippen LogP contribution in [0.5, 0.6) is 5.75 Å². The highest BCUT2D eigenvalue weighted by Gasteiger charge is 2.11. The fourth-order valence-electron chi connectivity index (χ4n) is 2.41. The van der Waals surface area contributed by atoms with Gasteiger partial charge < -0.3 is 10.1 Å². The number of nitrogens with one attached hydrogen (secondary N) is 1. The van der Waals surface area contributed by atoms with Crippen molar-refractivity contribution >= 4 is 31.9 Å². The Kier molecular flexibility index (Phi) is 9.61. The topological polar surface area (TPSA) is 21.3 Å². The Morgan fingerprint density at radius 1 is 1.19 bits per heavy atom. The van der Waals surface area contributed by atoms with Gasteiger partial charge in [0.1, 0.15) is 5.75 Å². The fraction of sp³-hybridized carbons (Fsp3) is 0.647. The lowest BCUT2D eigenvalue weighted by Crippen LogP contribution is -2.22. The summed E-state index contributed by atoms with van der Waals surface area (Å²) in [6.07, 6.45) is 5.17. The minimum absolute atomic E-state index is 0.682. The molecular formula is C17H27Br2NO. The van der Waals surface area contributed by atoms with E-state index in [1.54, 1.807) is 0 Å². The molecule has 0 amide bonds. The van der Waals surface area contributed by atoms with E-state index in [4.69, 9.17) is 4.74 Å². The van der Waals surface area contributed by atoms with Gasteiger partial charge in [-0.15, -0.1) is 0 Å². The van der Waals surface area contributed by atoms with Crippen molar-refractivity contribution in [3.63, 3.8) is 0 Å². The van der Waals surface area contributed by atoms with Gasteiger partial charge >= 0.3 is 0 Å². The van der Waals surface area contributed by atoms with E-state index >= 15 is 0 Å². The maximum absolute atomic E-state index is 5.76. The third-order valence-electron chi connectivity index (χ3n) is 3.67. The largest absolute Gasteiger partial charge is 0.492 e. The van der Waals surface area contributed by atoms with Crippen LogP contribution < -0.4 is 10.1 Å². The van der Waals surface area contributed by atoms with E-state index in [9.17, 15) is 0 Å². The van der Waals surface area contributed by atoms with Gasteiger partial charge in [-0.05, 0) is 53.9 Å². The number of ether oxygens (including phenoxy) is 1. The van der Waals surface area contributed by atoms with E-state index < -0.39 is 0 Å². The van der Waals surface area contributed by atoms with Crippen molar-refractivity contribution in [2.45, 2.75) is 53.0 Å². The Bertz CT molecular complexity index is 423. The molecule has 0 aromatic heterocycles. The highest BCUT2D eigenvalue weighted by atomic mass is 79.9. The summed E-state index contributed by atoms with van der Waals surface area (Å²) in [5.41, 5.74) is 1.20. The van der Waals surface area contributed by atoms with Gasteiger partial charge in [-0.2, -0.15) is 0 Å². The number of halogens is 2. The lowest BCUT2D eigenvalue weighted by Gasteiger charge is -2.17. The number of rotatable bonds is 10. The first-order valence-corrected chi connectivity index (χ1v) is 9.52. The van der Waals surface area contributed by atoms with Crippen LogP contribution in [0.15, 0.2) is 21.1 Å². The Morgan fingerprint density at radius 2 is 1.95 bits per heavy atom. The van der Waals surface area contributed by atoms with Crippen LogP contribution in [-0.2, 0) is 6.54 Å². The second-order valence-electron chi connectivity index (χ2n) is 5.36. The molecule has 0 saturated heterocycles. The van der Waals surface area contributed by atoms with Crippen molar-refractivity contribution in [1.29, 1.82) is 0 Å². The number of benzene rings is 1. The summed E-state index contributed by atoms with van der Waals surface area (Å²) in [6.45, 7) is 9.16. The van der Waals surface area contributed by atoms with E-state index in [0.29, 0.717) is 6.61 Å². The Morgan fingerprint density at radius 3 is 2.57 bits per heavy atom. The van der Waals surface area contributed by atoms with Gasteiger partial charge in [0.15, 0.2) is 0 Å². The third-order valence-corrected chi connectivity index (χ3v) is 4.71. The van der Waals surface area contributed by atoms with Gasteiger partial charge in [-0.25, -0.2) is 0 Å². The first kappa shape index (κ1) is 19.0. The van der Waals surface area contributed by atoms with Gasteiger partial charge in [0, 0.05) is 16.6 Å². The molecule has 0 spiro atoms. The fourth-order valence-corrected chi connectivity index (χ4v) is 3.83. The van der Waals surface area contributed by atoms with Crippen LogP contribution in [0.1, 0.15) is 52.0 Å². The molecule has 1 unspecified atom stereocenters. The first-order chi connectivity index (χ1) is 10.1. The smallest absolute Gasteiger partial charge is 0.138 e. The predicted molar refractivity (Wildman–Crippen MR) is 98.0 cm³/mol. The van der Waals surface area contributed by atoms with Crippen LogP contribution in [0.2, 0.25) is 0 Å². The monoisotopic (exact) mass is 419 g/mol. The minimum Gasteiger partial charge on any atom is -0.492 e. The summed E-state index contributed by atoms with van der Waals surface area (Å²) in [6, 6.07) is 4.17. The molecular weight excluding hydrogens is 394 g/mol. The zero-order valence-electron chi connectivity index (χ0n) is 13.3. The standard InChI is InChI=1S/C17H27Br2NO/c1-4-7-8-13(5-2)11-20-12-14-9-15(18)10-16(19)17(14)21-6-3/h9-10,13,20H,4-8,11-12H2,1-3H3. The third kappa shape index (κ3) is 6.70. The van der Waals surface area contributed by atoms with Crippen molar-refractivity contribution < 1.29 is 4.74 Å². The van der Waals surface area contributed by atoms with Crippen molar-refractivity contribution in [3.8, 4) is 5.75 Å². The van der Waals surface area contributed by atoms with E-state index in [0.717, 1.165) is 33.7 Å². The molecule has 1 aromatic rings. The molecule has 1 aromatic carbocycles. The van der Waals surface area contributed by atoms with E-state index in [-0.39, 0.29) is 0 Å². The van der Waals surface area contributed by atoms with Crippen molar-refractivity contribution in [3.05, 3.63) is 26.6 Å². The molecule has 4 heteroatoms. The Balaban J connectivity index is 2.61. The molecule has 0 radical (unpaired) electrons. The van der Waals surface area contributed by atoms with Crippen molar-refractivity contribution in [2.75, 3.05) is 13.2 Å². The molecule has 1 rings (SSSR count). The molecule has 0 aliphatic carbocycles. The highest BCUT2D eigenvalue weighted by Crippen LogP contribution is 2.33. The molecule has 0 aliphatic rings. The minimum atomic E-state index is 0.682. The number of hydrogen-bond donors (Lipinski definition) is 1. The van der Waals surface area contributed by atoms with Crippen LogP contribution >= 0.6 is 31.9 Å². The van der Waals surface area contributed by atoms with Crippen LogP contribution in [0.3, 0.4) is 0 Å². The molecule has 120 valence electrons. The summed E-state index contributed by atoms with van der Waals surface area (Å²) in [7, 11) is 0. The molecule has 2 nitrogen and oxygen atoms in total. The number of unbranched alkanes of at least 4 members (excludes halogenated alkanes) is 1. The van der Waals surface area contributed by atoms with Gasteiger partial charge in [0.25, 0.3) is 0 Å². The summed E-state index contributed by atoms with van der Waals surface area (Å²) in [5.74, 6) is 1.73. The van der Waals surface area contributed by atoms with Crippen LogP contribution in [0, 0.1) is 5.92 Å². The van der Waals surface area contributed by atoms with E-state index in [2.05, 4.69) is 57.1 Å². The summed E-state index contributed by atoms with van der Waals surface area (Å²) < 4.78 is 7.85. The van der Waals surface area contributed by atoms with Crippen LogP contribution in [0.25, 0.3) is 0 Å². The van der Waals surface area contributed by atoms with Gasteiger partial charge in [-0.3, -0.25) is 0 Å². The lowest BCUT2D eigenvalue weighted by atomic mass is 9.99. The Labute approximate surface area is 146 Å². The van der Waals surface area contributed by atoms with Crippen molar-refractivity contribution in [1.82, 2.24) is 5.32 Å². The summed E-state index contributed by atoms with van der Waals surface area (Å²) in [5, 5.41) is 3.59. The average molecular weight is 421 g/mol. The number of hydrogen-bond acceptors (Lipinski definition) is 2. The zero-order chi connectivity index (χ0) is 15.7. The van der Waals surface area contributed by atoms with E-state index in [1.807, 2.05) is 13.0 Å². The molecule has 0 aliphatic heterocycles. The average Bonchev–Trinajstić information content (AvgIpc) is 2.46. The second kappa shape index (κ2) is 10.6. The molecule has 0 heterocycles. The normalized spacial score (nSPS) is 12.4. The highest BCUT2D eigenvalue weighted by molar-refractivity contribution is 9.11. The van der Waals surface area contributed by atoms with Crippen LogP contribution in [-0.4, -0.2) is 13.2 Å². The zero-order valence-corrected chi connectivity index (χ0v) is 16.5. The predicted octanol–water partition coefficient (Wildman–Crippen LogP) is 5.92. The lowest BCUT2D eigenvalue weighted by molar-refractivity contribution is 0.332. The quantitative estimate of drug-likeness (QED) is 0.507. The van der Waals surface area contributed by atoms with Gasteiger partial charge in [0.2, 0.25) is 0 Å². The Hall–Kier alpha value is -0.0600. The molecule has 0 fully saturated rings. The summed E-state index contributed by atoms with van der Waals surface area (Å²) in [4.78, 5) is 0. The SMILES string of the molecule is CCCCC(CC)CNCc1cc(Br)cc(Br)c1OCC. The molecule has 0 bridgehead atoms. The van der Waals surface area contributed by atoms with Crippen LogP contribution in [0.4, 0.5) is 0 Å². The molecule has 1 atom stereocenters. The van der Waals surface area contributed by atoms with Gasteiger partial charge in [0.05, 0.1) is 11.1 Å². The van der Waals surface area contributed by atoms with E-state index in [1.165, 1.54) is 31.2 Å². The maximum atomic E-state index is 5.76. The second-order valence-corrected chi connectivity index (χ2v) is 7.13. The first-order valence-electron chi connectivity index (χ1n) is 7.93. The summed E-state index contributed by atoms with van der Waals surface area (Å²) >= 11 is 7.14. The maximum Gasteiger partial charge on any atom is 0.138 e.